The first-order chi connectivity index (χ1) is 14.3. The van der Waals surface area contributed by atoms with E-state index in [2.05, 4.69) is 42.4 Å². The van der Waals surface area contributed by atoms with Crippen LogP contribution in [0.4, 0.5) is 4.79 Å². The predicted octanol–water partition coefficient (Wildman–Crippen LogP) is 7.11. The number of carbonyl (C=O) groups is 1. The molecule has 30 heavy (non-hydrogen) atoms. The second-order valence-corrected chi connectivity index (χ2v) is 8.65. The summed E-state index contributed by atoms with van der Waals surface area (Å²) in [5.41, 5.74) is 0.935. The Morgan fingerprint density at radius 1 is 1.07 bits per heavy atom. The summed E-state index contributed by atoms with van der Waals surface area (Å²) in [4.78, 5) is 11.4. The lowest BCUT2D eigenvalue weighted by atomic mass is 9.99. The SMILES string of the molecule is C#CCC.CC(CCSCNC(=O)OC(C)(C)C)c1ccccc1.c1ccccc1. The summed E-state index contributed by atoms with van der Waals surface area (Å²) >= 11 is 1.72. The van der Waals surface area contributed by atoms with Crippen molar-refractivity contribution in [3.8, 4) is 12.3 Å². The van der Waals surface area contributed by atoms with Crippen molar-refractivity contribution in [2.24, 2.45) is 0 Å². The van der Waals surface area contributed by atoms with Gasteiger partial charge in [-0.15, -0.1) is 24.1 Å². The van der Waals surface area contributed by atoms with Gasteiger partial charge in [0.2, 0.25) is 0 Å². The van der Waals surface area contributed by atoms with Gasteiger partial charge in [-0.25, -0.2) is 4.79 Å². The molecule has 0 aliphatic rings. The maximum atomic E-state index is 11.4. The molecule has 0 bridgehead atoms. The van der Waals surface area contributed by atoms with Gasteiger partial charge in [-0.1, -0.05) is 80.6 Å². The zero-order valence-corrected chi connectivity index (χ0v) is 19.9. The molecular weight excluding hydrogens is 390 g/mol. The molecule has 0 fully saturated rings. The molecular formula is C26H37NO2S. The van der Waals surface area contributed by atoms with E-state index in [1.807, 2.05) is 70.2 Å². The molecule has 3 nitrogen and oxygen atoms in total. The third kappa shape index (κ3) is 17.7. The highest BCUT2D eigenvalue weighted by atomic mass is 32.2. The van der Waals surface area contributed by atoms with Crippen LogP contribution in [0.2, 0.25) is 0 Å². The Labute approximate surface area is 188 Å². The normalized spacial score (nSPS) is 10.8. The highest BCUT2D eigenvalue weighted by Gasteiger charge is 2.15. The van der Waals surface area contributed by atoms with Gasteiger partial charge in [0.05, 0.1) is 5.88 Å². The first-order valence-electron chi connectivity index (χ1n) is 10.3. The maximum Gasteiger partial charge on any atom is 0.408 e. The standard InChI is InChI=1S/C16H25NO2S.C6H6.C4H6/c1-13(14-8-6-5-7-9-14)10-11-20-12-17-15(18)19-16(2,3)4;1-2-4-6-5-3-1;1-3-4-2/h5-9,13H,10-12H2,1-4H3,(H,17,18);1-6H;1H,4H2,2H3. The van der Waals surface area contributed by atoms with Gasteiger partial charge in [0.25, 0.3) is 0 Å². The van der Waals surface area contributed by atoms with Crippen LogP contribution in [-0.2, 0) is 4.74 Å². The van der Waals surface area contributed by atoms with Gasteiger partial charge < -0.3 is 10.1 Å². The van der Waals surface area contributed by atoms with Crippen LogP contribution in [0.5, 0.6) is 0 Å². The molecule has 2 rings (SSSR count). The molecule has 0 radical (unpaired) electrons. The number of alkyl carbamates (subject to hydrolysis) is 1. The molecule has 0 aliphatic heterocycles. The van der Waals surface area contributed by atoms with Crippen LogP contribution in [0.1, 0.15) is 58.9 Å². The van der Waals surface area contributed by atoms with Crippen molar-refractivity contribution in [1.82, 2.24) is 5.32 Å². The number of amides is 1. The Kier molecular flexibility index (Phi) is 16.1. The van der Waals surface area contributed by atoms with E-state index in [0.717, 1.165) is 18.6 Å². The van der Waals surface area contributed by atoms with Crippen LogP contribution < -0.4 is 5.32 Å². The largest absolute Gasteiger partial charge is 0.444 e. The van der Waals surface area contributed by atoms with Gasteiger partial charge in [-0.05, 0) is 44.4 Å². The Hall–Kier alpha value is -2.38. The Morgan fingerprint density at radius 3 is 1.97 bits per heavy atom. The topological polar surface area (TPSA) is 38.3 Å². The highest BCUT2D eigenvalue weighted by molar-refractivity contribution is 7.99. The van der Waals surface area contributed by atoms with Gasteiger partial charge >= 0.3 is 6.09 Å². The molecule has 0 spiro atoms. The molecule has 2 aromatic rings. The van der Waals surface area contributed by atoms with Gasteiger partial charge in [-0.3, -0.25) is 0 Å². The summed E-state index contributed by atoms with van der Waals surface area (Å²) < 4.78 is 5.17. The number of hydrogen-bond acceptors (Lipinski definition) is 3. The number of carbonyl (C=O) groups excluding carboxylic acids is 1. The van der Waals surface area contributed by atoms with Gasteiger partial charge in [-0.2, -0.15) is 0 Å². The van der Waals surface area contributed by atoms with Gasteiger partial charge in [0.1, 0.15) is 5.60 Å². The number of thioether (sulfide) groups is 1. The molecule has 2 aromatic carbocycles. The third-order valence-electron chi connectivity index (χ3n) is 3.65. The minimum atomic E-state index is -0.434. The molecule has 1 amide bonds. The van der Waals surface area contributed by atoms with Crippen LogP contribution in [0.15, 0.2) is 66.7 Å². The lowest BCUT2D eigenvalue weighted by Crippen LogP contribution is -2.32. The molecule has 0 saturated carbocycles. The highest BCUT2D eigenvalue weighted by Crippen LogP contribution is 2.20. The smallest absolute Gasteiger partial charge is 0.408 e. The predicted molar refractivity (Wildman–Crippen MR) is 132 cm³/mol. The molecule has 4 heteroatoms. The lowest BCUT2D eigenvalue weighted by Gasteiger charge is -2.19. The maximum absolute atomic E-state index is 11.4. The number of nitrogens with one attached hydrogen (secondary N) is 1. The van der Waals surface area contributed by atoms with E-state index < -0.39 is 5.60 Å². The van der Waals surface area contributed by atoms with Crippen LogP contribution in [-0.4, -0.2) is 23.3 Å². The summed E-state index contributed by atoms with van der Waals surface area (Å²) in [6.45, 7) is 9.76. The van der Waals surface area contributed by atoms with Gasteiger partial charge in [0.15, 0.2) is 0 Å². The van der Waals surface area contributed by atoms with E-state index in [1.165, 1.54) is 5.56 Å². The minimum absolute atomic E-state index is 0.346. The van der Waals surface area contributed by atoms with Crippen LogP contribution >= 0.6 is 11.8 Å². The van der Waals surface area contributed by atoms with Crippen molar-refractivity contribution in [3.63, 3.8) is 0 Å². The van der Waals surface area contributed by atoms with E-state index in [0.29, 0.717) is 11.8 Å². The average Bonchev–Trinajstić information content (AvgIpc) is 2.74. The van der Waals surface area contributed by atoms with Crippen molar-refractivity contribution in [2.45, 2.75) is 59.0 Å². The molecule has 164 valence electrons. The van der Waals surface area contributed by atoms with E-state index in [1.54, 1.807) is 11.8 Å². The number of benzene rings is 2. The second kappa shape index (κ2) is 17.5. The fraction of sp³-hybridized carbons (Fsp3) is 0.423. The zero-order chi connectivity index (χ0) is 22.7. The molecule has 0 aliphatic carbocycles. The fourth-order valence-corrected chi connectivity index (χ4v) is 2.97. The van der Waals surface area contributed by atoms with Crippen molar-refractivity contribution < 1.29 is 9.53 Å². The molecule has 1 N–H and O–H groups in total. The summed E-state index contributed by atoms with van der Waals surface area (Å²) in [5.74, 6) is 4.59. The van der Waals surface area contributed by atoms with E-state index in [9.17, 15) is 4.79 Å². The van der Waals surface area contributed by atoms with Crippen molar-refractivity contribution in [2.75, 3.05) is 11.6 Å². The first kappa shape index (κ1) is 27.6. The first-order valence-corrected chi connectivity index (χ1v) is 11.5. The Bertz CT molecular complexity index is 664. The Morgan fingerprint density at radius 2 is 1.53 bits per heavy atom. The summed E-state index contributed by atoms with van der Waals surface area (Å²) in [5, 5.41) is 2.75. The quantitative estimate of drug-likeness (QED) is 0.303. The molecule has 0 aromatic heterocycles. The third-order valence-corrected chi connectivity index (χ3v) is 4.52. The van der Waals surface area contributed by atoms with Crippen LogP contribution in [0.3, 0.4) is 0 Å². The van der Waals surface area contributed by atoms with E-state index in [4.69, 9.17) is 11.2 Å². The van der Waals surface area contributed by atoms with Crippen molar-refractivity contribution in [3.05, 3.63) is 72.3 Å². The average molecular weight is 428 g/mol. The molecule has 0 saturated heterocycles. The summed E-state index contributed by atoms with van der Waals surface area (Å²) in [7, 11) is 0. The molecule has 1 unspecified atom stereocenters. The lowest BCUT2D eigenvalue weighted by molar-refractivity contribution is 0.0538. The summed E-state index contributed by atoms with van der Waals surface area (Å²) in [6, 6.07) is 22.5. The Balaban J connectivity index is 0.000000686. The fourth-order valence-electron chi connectivity index (χ4n) is 2.09. The van der Waals surface area contributed by atoms with Crippen LogP contribution in [0, 0.1) is 12.3 Å². The molecule has 0 heterocycles. The van der Waals surface area contributed by atoms with E-state index in [-0.39, 0.29) is 6.09 Å². The minimum Gasteiger partial charge on any atom is -0.444 e. The number of ether oxygens (including phenoxy) is 1. The zero-order valence-electron chi connectivity index (χ0n) is 19.1. The molecule has 1 atom stereocenters. The monoisotopic (exact) mass is 427 g/mol. The van der Waals surface area contributed by atoms with Crippen LogP contribution in [0.25, 0.3) is 0 Å². The number of hydrogen-bond donors (Lipinski definition) is 1. The summed E-state index contributed by atoms with van der Waals surface area (Å²) in [6.07, 6.45) is 6.38. The van der Waals surface area contributed by atoms with E-state index >= 15 is 0 Å². The van der Waals surface area contributed by atoms with Crippen molar-refractivity contribution >= 4 is 17.9 Å². The second-order valence-electron chi connectivity index (χ2n) is 7.54. The number of terminal acetylenes is 1. The number of rotatable bonds is 6. The van der Waals surface area contributed by atoms with Gasteiger partial charge in [0, 0.05) is 6.42 Å². The van der Waals surface area contributed by atoms with Crippen molar-refractivity contribution in [1.29, 1.82) is 0 Å².